The molecule has 8 heteroatoms. The maximum absolute atomic E-state index is 13.9. The number of nitrogens with one attached hydrogen (secondary N) is 2. The Morgan fingerprint density at radius 1 is 1.37 bits per heavy atom. The molecule has 1 aromatic rings. The highest BCUT2D eigenvalue weighted by Crippen LogP contribution is 2.18. The van der Waals surface area contributed by atoms with Gasteiger partial charge >= 0.3 is 6.09 Å². The Bertz CT molecular complexity index is 682. The van der Waals surface area contributed by atoms with Crippen molar-refractivity contribution in [2.24, 2.45) is 4.99 Å². The predicted molar refractivity (Wildman–Crippen MR) is 102 cm³/mol. The number of nitrogens with zero attached hydrogens (tertiary/aromatic N) is 2. The number of ether oxygens (including phenoxy) is 2. The van der Waals surface area contributed by atoms with Crippen molar-refractivity contribution >= 4 is 12.1 Å². The number of hydrogen-bond acceptors (Lipinski definition) is 4. The van der Waals surface area contributed by atoms with Crippen LogP contribution in [0.1, 0.15) is 33.3 Å². The number of aliphatic imine (C=N–C) groups is 1. The van der Waals surface area contributed by atoms with E-state index in [0.717, 1.165) is 5.56 Å². The Morgan fingerprint density at radius 2 is 2.07 bits per heavy atom. The van der Waals surface area contributed by atoms with E-state index in [2.05, 4.69) is 15.6 Å². The average molecular weight is 380 g/mol. The van der Waals surface area contributed by atoms with Crippen LogP contribution in [0.25, 0.3) is 0 Å². The molecule has 0 saturated carbocycles. The largest absolute Gasteiger partial charge is 0.491 e. The SMILES string of the molecule is CCOc1ccc(CNC(=NC)NC2CN(C(=O)OC(C)(C)C)C2)cc1F. The Hall–Kier alpha value is -2.51. The molecular formula is C19H29FN4O3. The number of halogens is 1. The highest BCUT2D eigenvalue weighted by Gasteiger charge is 2.34. The lowest BCUT2D eigenvalue weighted by molar-refractivity contribution is 0.00701. The molecule has 2 N–H and O–H groups in total. The minimum Gasteiger partial charge on any atom is -0.491 e. The molecule has 1 heterocycles. The van der Waals surface area contributed by atoms with Crippen LogP contribution >= 0.6 is 0 Å². The van der Waals surface area contributed by atoms with Gasteiger partial charge in [0.05, 0.1) is 12.6 Å². The molecule has 1 aliphatic heterocycles. The smallest absolute Gasteiger partial charge is 0.410 e. The van der Waals surface area contributed by atoms with Gasteiger partial charge in [-0.3, -0.25) is 4.99 Å². The van der Waals surface area contributed by atoms with Gasteiger partial charge in [-0.25, -0.2) is 9.18 Å². The molecule has 1 fully saturated rings. The summed E-state index contributed by atoms with van der Waals surface area (Å²) in [5, 5.41) is 6.38. The van der Waals surface area contributed by atoms with Gasteiger partial charge in [0, 0.05) is 26.7 Å². The molecule has 1 saturated heterocycles. The minimum absolute atomic E-state index is 0.0979. The monoisotopic (exact) mass is 380 g/mol. The van der Waals surface area contributed by atoms with Crippen molar-refractivity contribution in [3.05, 3.63) is 29.6 Å². The number of likely N-dealkylation sites (tertiary alicyclic amines) is 1. The molecule has 27 heavy (non-hydrogen) atoms. The first-order valence-electron chi connectivity index (χ1n) is 9.08. The van der Waals surface area contributed by atoms with E-state index in [-0.39, 0.29) is 23.7 Å². The van der Waals surface area contributed by atoms with Gasteiger partial charge in [-0.05, 0) is 45.4 Å². The molecule has 0 radical (unpaired) electrons. The van der Waals surface area contributed by atoms with Crippen LogP contribution in [0.4, 0.5) is 9.18 Å². The fourth-order valence-corrected chi connectivity index (χ4v) is 2.55. The molecule has 150 valence electrons. The van der Waals surface area contributed by atoms with Crippen molar-refractivity contribution in [2.75, 3.05) is 26.7 Å². The van der Waals surface area contributed by atoms with Crippen molar-refractivity contribution in [3.63, 3.8) is 0 Å². The molecule has 1 aromatic carbocycles. The summed E-state index contributed by atoms with van der Waals surface area (Å²) in [6.07, 6.45) is -0.312. The Balaban J connectivity index is 1.77. The lowest BCUT2D eigenvalue weighted by Crippen LogP contribution is -2.63. The van der Waals surface area contributed by atoms with Gasteiger partial charge in [-0.15, -0.1) is 0 Å². The van der Waals surface area contributed by atoms with Crippen molar-refractivity contribution in [3.8, 4) is 5.75 Å². The Labute approximate surface area is 159 Å². The number of rotatable bonds is 5. The van der Waals surface area contributed by atoms with E-state index in [0.29, 0.717) is 32.2 Å². The fraction of sp³-hybridized carbons (Fsp3) is 0.579. The summed E-state index contributed by atoms with van der Waals surface area (Å²) < 4.78 is 24.4. The molecule has 0 bridgehead atoms. The number of amides is 1. The van der Waals surface area contributed by atoms with Crippen molar-refractivity contribution < 1.29 is 18.7 Å². The molecule has 1 aliphatic rings. The second-order valence-corrected chi connectivity index (χ2v) is 7.35. The first-order chi connectivity index (χ1) is 12.7. The zero-order valence-corrected chi connectivity index (χ0v) is 16.6. The van der Waals surface area contributed by atoms with Gasteiger partial charge in [0.15, 0.2) is 17.5 Å². The zero-order chi connectivity index (χ0) is 20.0. The van der Waals surface area contributed by atoms with Gasteiger partial charge in [-0.2, -0.15) is 0 Å². The second kappa shape index (κ2) is 8.92. The summed E-state index contributed by atoms with van der Waals surface area (Å²) in [5.41, 5.74) is 0.281. The Morgan fingerprint density at radius 3 is 2.63 bits per heavy atom. The summed E-state index contributed by atoms with van der Waals surface area (Å²) >= 11 is 0. The summed E-state index contributed by atoms with van der Waals surface area (Å²) in [6, 6.07) is 4.97. The van der Waals surface area contributed by atoms with Crippen LogP contribution in [0.2, 0.25) is 0 Å². The first kappa shape index (κ1) is 20.8. The van der Waals surface area contributed by atoms with Crippen LogP contribution < -0.4 is 15.4 Å². The predicted octanol–water partition coefficient (Wildman–Crippen LogP) is 2.51. The molecule has 7 nitrogen and oxygen atoms in total. The van der Waals surface area contributed by atoms with Crippen LogP contribution in [0.15, 0.2) is 23.2 Å². The number of carbonyl (C=O) groups is 1. The van der Waals surface area contributed by atoms with E-state index >= 15 is 0 Å². The topological polar surface area (TPSA) is 75.2 Å². The quantitative estimate of drug-likeness (QED) is 0.606. The third-order valence-electron chi connectivity index (χ3n) is 3.85. The van der Waals surface area contributed by atoms with Crippen LogP contribution in [0.5, 0.6) is 5.75 Å². The number of carbonyl (C=O) groups excluding carboxylic acids is 1. The van der Waals surface area contributed by atoms with E-state index in [1.54, 1.807) is 18.0 Å². The lowest BCUT2D eigenvalue weighted by Gasteiger charge is -2.40. The van der Waals surface area contributed by atoms with E-state index < -0.39 is 5.60 Å². The molecule has 0 aromatic heterocycles. The molecule has 0 spiro atoms. The third kappa shape index (κ3) is 6.30. The van der Waals surface area contributed by atoms with Gasteiger partial charge in [-0.1, -0.05) is 6.07 Å². The van der Waals surface area contributed by atoms with Gasteiger partial charge in [0.2, 0.25) is 0 Å². The van der Waals surface area contributed by atoms with Crippen molar-refractivity contribution in [2.45, 2.75) is 45.9 Å². The fourth-order valence-electron chi connectivity index (χ4n) is 2.55. The highest BCUT2D eigenvalue weighted by molar-refractivity contribution is 5.80. The van der Waals surface area contributed by atoms with E-state index in [1.165, 1.54) is 6.07 Å². The summed E-state index contributed by atoms with van der Waals surface area (Å²) in [6.45, 7) is 9.29. The number of guanidine groups is 1. The molecular weight excluding hydrogens is 351 g/mol. The average Bonchev–Trinajstić information content (AvgIpc) is 2.54. The first-order valence-corrected chi connectivity index (χ1v) is 9.08. The maximum atomic E-state index is 13.9. The van der Waals surface area contributed by atoms with E-state index in [4.69, 9.17) is 9.47 Å². The van der Waals surface area contributed by atoms with Gasteiger partial charge < -0.3 is 25.0 Å². The van der Waals surface area contributed by atoms with E-state index in [1.807, 2.05) is 33.8 Å². The van der Waals surface area contributed by atoms with Gasteiger partial charge in [0.25, 0.3) is 0 Å². The van der Waals surface area contributed by atoms with Gasteiger partial charge in [0.1, 0.15) is 5.60 Å². The third-order valence-corrected chi connectivity index (χ3v) is 3.85. The molecule has 0 unspecified atom stereocenters. The zero-order valence-electron chi connectivity index (χ0n) is 16.6. The summed E-state index contributed by atoms with van der Waals surface area (Å²) in [7, 11) is 1.67. The normalized spacial score (nSPS) is 15.2. The molecule has 1 amide bonds. The van der Waals surface area contributed by atoms with Crippen LogP contribution in [-0.2, 0) is 11.3 Å². The number of benzene rings is 1. The van der Waals surface area contributed by atoms with Crippen LogP contribution in [0, 0.1) is 5.82 Å². The van der Waals surface area contributed by atoms with Crippen molar-refractivity contribution in [1.82, 2.24) is 15.5 Å². The highest BCUT2D eigenvalue weighted by atomic mass is 19.1. The standard InChI is InChI=1S/C19H29FN4O3/c1-6-26-16-8-7-13(9-15(16)20)10-22-17(21-5)23-14-11-24(12-14)18(25)27-19(2,3)4/h7-9,14H,6,10-12H2,1-5H3,(H2,21,22,23). The van der Waals surface area contributed by atoms with Crippen LogP contribution in [0.3, 0.4) is 0 Å². The molecule has 2 rings (SSSR count). The maximum Gasteiger partial charge on any atom is 0.410 e. The van der Waals surface area contributed by atoms with Crippen LogP contribution in [-0.4, -0.2) is 55.3 Å². The summed E-state index contributed by atoms with van der Waals surface area (Å²) in [4.78, 5) is 17.7. The Kier molecular flexibility index (Phi) is 6.87. The van der Waals surface area contributed by atoms with E-state index in [9.17, 15) is 9.18 Å². The summed E-state index contributed by atoms with van der Waals surface area (Å²) in [5.74, 6) is 0.463. The minimum atomic E-state index is -0.500. The molecule has 0 atom stereocenters. The number of hydrogen-bond donors (Lipinski definition) is 2. The van der Waals surface area contributed by atoms with Crippen molar-refractivity contribution in [1.29, 1.82) is 0 Å². The second-order valence-electron chi connectivity index (χ2n) is 7.35. The lowest BCUT2D eigenvalue weighted by atomic mass is 10.1. The molecule has 0 aliphatic carbocycles.